The third-order valence-corrected chi connectivity index (χ3v) is 2.20. The Kier molecular flexibility index (Phi) is 2.95. The molecule has 8 heteroatoms. The van der Waals surface area contributed by atoms with Crippen molar-refractivity contribution in [3.05, 3.63) is 29.7 Å². The number of aromatic hydroxyl groups is 1. The van der Waals surface area contributed by atoms with Crippen LogP contribution in [-0.2, 0) is 12.7 Å². The molecule has 0 radical (unpaired) electrons. The van der Waals surface area contributed by atoms with Gasteiger partial charge in [-0.2, -0.15) is 18.2 Å². The van der Waals surface area contributed by atoms with E-state index in [0.717, 1.165) is 12.1 Å². The van der Waals surface area contributed by atoms with Crippen molar-refractivity contribution in [3.8, 4) is 17.1 Å². The third-order valence-electron chi connectivity index (χ3n) is 2.20. The Morgan fingerprint density at radius 3 is 2.61 bits per heavy atom. The highest BCUT2D eigenvalue weighted by Crippen LogP contribution is 2.37. The number of hydrogen-bond acceptors (Lipinski definition) is 5. The van der Waals surface area contributed by atoms with Gasteiger partial charge in [-0.25, -0.2) is 0 Å². The Labute approximate surface area is 99.0 Å². The second-order valence-corrected chi connectivity index (χ2v) is 3.45. The fraction of sp³-hybridized carbons (Fsp3) is 0.200. The predicted octanol–water partition coefficient (Wildman–Crippen LogP) is 1.92. The Morgan fingerprint density at radius 1 is 1.33 bits per heavy atom. The van der Waals surface area contributed by atoms with Gasteiger partial charge < -0.3 is 15.4 Å². The zero-order valence-electron chi connectivity index (χ0n) is 8.90. The van der Waals surface area contributed by atoms with Crippen LogP contribution < -0.4 is 5.73 Å². The SMILES string of the molecule is NCc1nc(-c2ccc(O)c(C(F)(F)F)c2)no1. The van der Waals surface area contributed by atoms with Gasteiger partial charge in [-0.1, -0.05) is 5.16 Å². The largest absolute Gasteiger partial charge is 0.507 e. The number of nitrogens with two attached hydrogens (primary N) is 1. The van der Waals surface area contributed by atoms with Gasteiger partial charge in [0.25, 0.3) is 0 Å². The number of aromatic nitrogens is 2. The quantitative estimate of drug-likeness (QED) is 0.860. The summed E-state index contributed by atoms with van der Waals surface area (Å²) < 4.78 is 42.4. The molecule has 3 N–H and O–H groups in total. The molecular formula is C10H8F3N3O2. The first-order valence-corrected chi connectivity index (χ1v) is 4.85. The molecule has 2 rings (SSSR count). The summed E-state index contributed by atoms with van der Waals surface area (Å²) in [5.41, 5.74) is 4.18. The second-order valence-electron chi connectivity index (χ2n) is 3.45. The lowest BCUT2D eigenvalue weighted by molar-refractivity contribution is -0.138. The highest BCUT2D eigenvalue weighted by Gasteiger charge is 2.34. The van der Waals surface area contributed by atoms with Crippen LogP contribution in [0.15, 0.2) is 22.7 Å². The van der Waals surface area contributed by atoms with Crippen molar-refractivity contribution < 1.29 is 22.8 Å². The normalized spacial score (nSPS) is 11.8. The Morgan fingerprint density at radius 2 is 2.06 bits per heavy atom. The minimum absolute atomic E-state index is 0.00277. The third kappa shape index (κ3) is 2.28. The standard InChI is InChI=1S/C10H8F3N3O2/c11-10(12,13)6-3-5(1-2-7(6)17)9-15-8(4-14)18-16-9/h1-3,17H,4,14H2. The molecular weight excluding hydrogens is 251 g/mol. The minimum atomic E-state index is -4.65. The van der Waals surface area contributed by atoms with E-state index in [0.29, 0.717) is 0 Å². The average molecular weight is 259 g/mol. The van der Waals surface area contributed by atoms with Gasteiger partial charge in [0, 0.05) is 5.56 Å². The van der Waals surface area contributed by atoms with Crippen molar-refractivity contribution in [2.75, 3.05) is 0 Å². The fourth-order valence-electron chi connectivity index (χ4n) is 1.36. The molecule has 0 amide bonds. The summed E-state index contributed by atoms with van der Waals surface area (Å²) in [6.07, 6.45) is -4.65. The van der Waals surface area contributed by atoms with E-state index in [2.05, 4.69) is 10.1 Å². The number of hydrogen-bond donors (Lipinski definition) is 2. The summed E-state index contributed by atoms with van der Waals surface area (Å²) in [6, 6.07) is 2.94. The van der Waals surface area contributed by atoms with Crippen molar-refractivity contribution in [3.63, 3.8) is 0 Å². The molecule has 0 aliphatic heterocycles. The van der Waals surface area contributed by atoms with Gasteiger partial charge >= 0.3 is 6.18 Å². The molecule has 0 aliphatic rings. The van der Waals surface area contributed by atoms with Crippen molar-refractivity contribution in [2.45, 2.75) is 12.7 Å². The van der Waals surface area contributed by atoms with Crippen molar-refractivity contribution in [2.24, 2.45) is 5.73 Å². The number of halogens is 3. The highest BCUT2D eigenvalue weighted by atomic mass is 19.4. The predicted molar refractivity (Wildman–Crippen MR) is 54.3 cm³/mol. The molecule has 0 aliphatic carbocycles. The number of benzene rings is 1. The van der Waals surface area contributed by atoms with Crippen LogP contribution in [0.2, 0.25) is 0 Å². The summed E-state index contributed by atoms with van der Waals surface area (Å²) in [7, 11) is 0. The van der Waals surface area contributed by atoms with Gasteiger partial charge in [0.05, 0.1) is 12.1 Å². The van der Waals surface area contributed by atoms with Crippen molar-refractivity contribution >= 4 is 0 Å². The van der Waals surface area contributed by atoms with E-state index in [9.17, 15) is 13.2 Å². The number of nitrogens with zero attached hydrogens (tertiary/aromatic N) is 2. The smallest absolute Gasteiger partial charge is 0.419 e. The van der Waals surface area contributed by atoms with E-state index in [1.54, 1.807) is 0 Å². The Hall–Kier alpha value is -2.09. The fourth-order valence-corrected chi connectivity index (χ4v) is 1.36. The zero-order chi connectivity index (χ0) is 13.3. The maximum atomic E-state index is 12.6. The van der Waals surface area contributed by atoms with Crippen LogP contribution in [-0.4, -0.2) is 15.2 Å². The van der Waals surface area contributed by atoms with E-state index in [-0.39, 0.29) is 23.8 Å². The van der Waals surface area contributed by atoms with Crippen molar-refractivity contribution in [1.29, 1.82) is 0 Å². The molecule has 1 heterocycles. The molecule has 0 saturated carbocycles. The first-order valence-electron chi connectivity index (χ1n) is 4.85. The van der Waals surface area contributed by atoms with Crippen LogP contribution in [0, 0.1) is 0 Å². The molecule has 1 aromatic carbocycles. The van der Waals surface area contributed by atoms with Crippen LogP contribution in [0.3, 0.4) is 0 Å². The molecule has 18 heavy (non-hydrogen) atoms. The lowest BCUT2D eigenvalue weighted by Gasteiger charge is -2.09. The molecule has 0 bridgehead atoms. The number of rotatable bonds is 2. The molecule has 0 atom stereocenters. The molecule has 1 aromatic heterocycles. The van der Waals surface area contributed by atoms with Crippen molar-refractivity contribution in [1.82, 2.24) is 10.1 Å². The van der Waals surface area contributed by atoms with Gasteiger partial charge in [0.2, 0.25) is 11.7 Å². The van der Waals surface area contributed by atoms with Gasteiger partial charge in [-0.05, 0) is 18.2 Å². The number of alkyl halides is 3. The second kappa shape index (κ2) is 4.30. The lowest BCUT2D eigenvalue weighted by atomic mass is 10.1. The van der Waals surface area contributed by atoms with E-state index in [4.69, 9.17) is 15.4 Å². The summed E-state index contributed by atoms with van der Waals surface area (Å²) in [5.74, 6) is -0.749. The maximum Gasteiger partial charge on any atom is 0.419 e. The minimum Gasteiger partial charge on any atom is -0.507 e. The zero-order valence-corrected chi connectivity index (χ0v) is 8.90. The van der Waals surface area contributed by atoms with Crippen LogP contribution in [0.5, 0.6) is 5.75 Å². The number of phenols is 1. The highest BCUT2D eigenvalue weighted by molar-refractivity contribution is 5.58. The van der Waals surface area contributed by atoms with Gasteiger partial charge in [-0.15, -0.1) is 0 Å². The number of phenolic OH excluding ortho intramolecular Hbond substituents is 1. The summed E-state index contributed by atoms with van der Waals surface area (Å²) in [4.78, 5) is 3.80. The molecule has 2 aromatic rings. The molecule has 96 valence electrons. The Balaban J connectivity index is 2.47. The first-order chi connectivity index (χ1) is 8.41. The maximum absolute atomic E-state index is 12.6. The van der Waals surface area contributed by atoms with Crippen LogP contribution in [0.25, 0.3) is 11.4 Å². The van der Waals surface area contributed by atoms with Crippen LogP contribution in [0.4, 0.5) is 13.2 Å². The van der Waals surface area contributed by atoms with Gasteiger partial charge in [0.15, 0.2) is 0 Å². The van der Waals surface area contributed by atoms with Crippen LogP contribution >= 0.6 is 0 Å². The topological polar surface area (TPSA) is 85.2 Å². The molecule has 0 unspecified atom stereocenters. The lowest BCUT2D eigenvalue weighted by Crippen LogP contribution is -2.05. The van der Waals surface area contributed by atoms with E-state index >= 15 is 0 Å². The van der Waals surface area contributed by atoms with Crippen LogP contribution in [0.1, 0.15) is 11.5 Å². The Bertz CT molecular complexity index is 566. The van der Waals surface area contributed by atoms with Gasteiger partial charge in [0.1, 0.15) is 5.75 Å². The van der Waals surface area contributed by atoms with E-state index in [1.807, 2.05) is 0 Å². The monoisotopic (exact) mass is 259 g/mol. The summed E-state index contributed by atoms with van der Waals surface area (Å²) >= 11 is 0. The molecule has 0 saturated heterocycles. The van der Waals surface area contributed by atoms with Gasteiger partial charge in [-0.3, -0.25) is 0 Å². The van der Waals surface area contributed by atoms with E-state index in [1.165, 1.54) is 6.07 Å². The average Bonchev–Trinajstić information content (AvgIpc) is 2.76. The van der Waals surface area contributed by atoms with E-state index < -0.39 is 17.5 Å². The molecule has 5 nitrogen and oxygen atoms in total. The summed E-state index contributed by atoms with van der Waals surface area (Å²) in [6.45, 7) is -0.00277. The molecule has 0 fully saturated rings. The molecule has 0 spiro atoms. The summed E-state index contributed by atoms with van der Waals surface area (Å²) in [5, 5.41) is 12.7. The first kappa shape index (κ1) is 12.4.